The van der Waals surface area contributed by atoms with Crippen LogP contribution in [0.4, 0.5) is 0 Å². The first kappa shape index (κ1) is 11.1. The van der Waals surface area contributed by atoms with E-state index in [0.29, 0.717) is 18.3 Å². The number of rotatable bonds is 4. The van der Waals surface area contributed by atoms with Gasteiger partial charge in [0.1, 0.15) is 5.69 Å². The highest BCUT2D eigenvalue weighted by atomic mass is 16.3. The van der Waals surface area contributed by atoms with Gasteiger partial charge >= 0.3 is 0 Å². The zero-order chi connectivity index (χ0) is 11.5. The average molecular weight is 223 g/mol. The number of carbonyl (C=O) groups excluding carboxylic acids is 1. The third-order valence-electron chi connectivity index (χ3n) is 3.05. The number of hydrogen-bond acceptors (Lipinski definition) is 3. The van der Waals surface area contributed by atoms with E-state index in [-0.39, 0.29) is 12.5 Å². The molecule has 1 N–H and O–H groups in total. The Hall–Kier alpha value is -1.36. The van der Waals surface area contributed by atoms with Gasteiger partial charge in [-0.25, -0.2) is 0 Å². The standard InChI is InChI=1S/C11H17N3O2/c1-13-6-5-10(12-13)11(16)14(7-8-15)9-3-2-4-9/h5-6,9,15H,2-4,7-8H2,1H3. The van der Waals surface area contributed by atoms with Gasteiger partial charge in [0.15, 0.2) is 0 Å². The molecule has 2 rings (SSSR count). The molecular formula is C11H17N3O2. The Morgan fingerprint density at radius 2 is 2.44 bits per heavy atom. The van der Waals surface area contributed by atoms with E-state index in [9.17, 15) is 4.79 Å². The molecule has 1 heterocycles. The number of aliphatic hydroxyl groups excluding tert-OH is 1. The summed E-state index contributed by atoms with van der Waals surface area (Å²) in [6.07, 6.45) is 5.00. The number of hydrogen-bond donors (Lipinski definition) is 1. The molecule has 1 aliphatic carbocycles. The van der Waals surface area contributed by atoms with Crippen LogP contribution < -0.4 is 0 Å². The van der Waals surface area contributed by atoms with Gasteiger partial charge in [0.05, 0.1) is 6.61 Å². The van der Waals surface area contributed by atoms with Gasteiger partial charge in [0.25, 0.3) is 5.91 Å². The molecule has 0 spiro atoms. The summed E-state index contributed by atoms with van der Waals surface area (Å²) in [4.78, 5) is 13.9. The van der Waals surface area contributed by atoms with Gasteiger partial charge in [0.2, 0.25) is 0 Å². The molecule has 0 atom stereocenters. The van der Waals surface area contributed by atoms with Gasteiger partial charge in [0, 0.05) is 25.8 Å². The number of nitrogens with zero attached hydrogens (tertiary/aromatic N) is 3. The predicted molar refractivity (Wildman–Crippen MR) is 59.0 cm³/mol. The molecule has 1 aromatic heterocycles. The minimum Gasteiger partial charge on any atom is -0.395 e. The fourth-order valence-electron chi connectivity index (χ4n) is 1.93. The maximum atomic E-state index is 12.1. The second-order valence-corrected chi connectivity index (χ2v) is 4.18. The molecule has 0 aromatic carbocycles. The van der Waals surface area contributed by atoms with Crippen molar-refractivity contribution in [2.24, 2.45) is 7.05 Å². The highest BCUT2D eigenvalue weighted by Crippen LogP contribution is 2.25. The number of aliphatic hydroxyl groups is 1. The van der Waals surface area contributed by atoms with Crippen LogP contribution in [0.1, 0.15) is 29.8 Å². The van der Waals surface area contributed by atoms with E-state index in [2.05, 4.69) is 5.10 Å². The lowest BCUT2D eigenvalue weighted by atomic mass is 9.91. The summed E-state index contributed by atoms with van der Waals surface area (Å²) in [7, 11) is 1.79. The first-order valence-electron chi connectivity index (χ1n) is 5.64. The monoisotopic (exact) mass is 223 g/mol. The third kappa shape index (κ3) is 2.09. The normalized spacial score (nSPS) is 15.9. The van der Waals surface area contributed by atoms with Crippen molar-refractivity contribution in [3.8, 4) is 0 Å². The Morgan fingerprint density at radius 3 is 2.88 bits per heavy atom. The number of carbonyl (C=O) groups is 1. The minimum atomic E-state index is -0.0700. The maximum absolute atomic E-state index is 12.1. The quantitative estimate of drug-likeness (QED) is 0.804. The first-order valence-corrected chi connectivity index (χ1v) is 5.64. The van der Waals surface area contributed by atoms with Crippen molar-refractivity contribution in [2.45, 2.75) is 25.3 Å². The Labute approximate surface area is 94.7 Å². The number of aromatic nitrogens is 2. The van der Waals surface area contributed by atoms with E-state index < -0.39 is 0 Å². The van der Waals surface area contributed by atoms with Crippen molar-refractivity contribution in [2.75, 3.05) is 13.2 Å². The lowest BCUT2D eigenvalue weighted by molar-refractivity contribution is 0.0519. The van der Waals surface area contributed by atoms with Gasteiger partial charge < -0.3 is 10.0 Å². The fraction of sp³-hybridized carbons (Fsp3) is 0.636. The molecule has 0 radical (unpaired) electrons. The van der Waals surface area contributed by atoms with Crippen molar-refractivity contribution in [3.05, 3.63) is 18.0 Å². The summed E-state index contributed by atoms with van der Waals surface area (Å²) in [5, 5.41) is 13.1. The van der Waals surface area contributed by atoms with Gasteiger partial charge in [-0.3, -0.25) is 9.48 Å². The maximum Gasteiger partial charge on any atom is 0.274 e. The molecular weight excluding hydrogens is 206 g/mol. The predicted octanol–water partition coefficient (Wildman–Crippen LogP) is 0.407. The lowest BCUT2D eigenvalue weighted by Crippen LogP contribution is -2.45. The van der Waals surface area contributed by atoms with E-state index in [0.717, 1.165) is 12.8 Å². The van der Waals surface area contributed by atoms with E-state index in [4.69, 9.17) is 5.11 Å². The third-order valence-corrected chi connectivity index (χ3v) is 3.05. The summed E-state index contributed by atoms with van der Waals surface area (Å²) in [6.45, 7) is 0.412. The van der Waals surface area contributed by atoms with Crippen LogP contribution in [0.2, 0.25) is 0 Å². The van der Waals surface area contributed by atoms with Crippen LogP contribution in [-0.4, -0.2) is 44.9 Å². The highest BCUT2D eigenvalue weighted by Gasteiger charge is 2.29. The van der Waals surface area contributed by atoms with Gasteiger partial charge in [-0.1, -0.05) is 0 Å². The van der Waals surface area contributed by atoms with Crippen molar-refractivity contribution in [1.82, 2.24) is 14.7 Å². The topological polar surface area (TPSA) is 58.4 Å². The van der Waals surface area contributed by atoms with Crippen molar-refractivity contribution >= 4 is 5.91 Å². The number of amides is 1. The SMILES string of the molecule is Cn1ccc(C(=O)N(CCO)C2CCC2)n1. The lowest BCUT2D eigenvalue weighted by Gasteiger charge is -2.36. The molecule has 16 heavy (non-hydrogen) atoms. The Morgan fingerprint density at radius 1 is 1.69 bits per heavy atom. The van der Waals surface area contributed by atoms with Crippen molar-refractivity contribution < 1.29 is 9.90 Å². The summed E-state index contributed by atoms with van der Waals surface area (Å²) >= 11 is 0. The largest absolute Gasteiger partial charge is 0.395 e. The van der Waals surface area contributed by atoms with Crippen LogP contribution in [0, 0.1) is 0 Å². The van der Waals surface area contributed by atoms with Gasteiger partial charge in [-0.2, -0.15) is 5.10 Å². The fourth-order valence-corrected chi connectivity index (χ4v) is 1.93. The van der Waals surface area contributed by atoms with Crippen LogP contribution in [0.5, 0.6) is 0 Å². The zero-order valence-electron chi connectivity index (χ0n) is 9.46. The highest BCUT2D eigenvalue weighted by molar-refractivity contribution is 5.92. The van der Waals surface area contributed by atoms with Crippen LogP contribution >= 0.6 is 0 Å². The molecule has 5 nitrogen and oxygen atoms in total. The van der Waals surface area contributed by atoms with E-state index in [1.54, 1.807) is 28.9 Å². The van der Waals surface area contributed by atoms with Gasteiger partial charge in [-0.05, 0) is 25.3 Å². The average Bonchev–Trinajstić information content (AvgIpc) is 2.60. The van der Waals surface area contributed by atoms with Crippen LogP contribution in [0.25, 0.3) is 0 Å². The molecule has 1 amide bonds. The minimum absolute atomic E-state index is 0.00900. The summed E-state index contributed by atoms with van der Waals surface area (Å²) < 4.78 is 1.62. The second-order valence-electron chi connectivity index (χ2n) is 4.18. The van der Waals surface area contributed by atoms with E-state index >= 15 is 0 Å². The zero-order valence-corrected chi connectivity index (χ0v) is 9.46. The van der Waals surface area contributed by atoms with E-state index in [1.807, 2.05) is 0 Å². The summed E-state index contributed by atoms with van der Waals surface area (Å²) in [5.41, 5.74) is 0.461. The van der Waals surface area contributed by atoms with Crippen molar-refractivity contribution in [3.63, 3.8) is 0 Å². The molecule has 0 unspecified atom stereocenters. The van der Waals surface area contributed by atoms with Crippen LogP contribution in [0.3, 0.4) is 0 Å². The van der Waals surface area contributed by atoms with Gasteiger partial charge in [-0.15, -0.1) is 0 Å². The smallest absolute Gasteiger partial charge is 0.274 e. The molecule has 0 bridgehead atoms. The Balaban J connectivity index is 2.09. The summed E-state index contributed by atoms with van der Waals surface area (Å²) in [6, 6.07) is 2.01. The molecule has 1 fully saturated rings. The summed E-state index contributed by atoms with van der Waals surface area (Å²) in [5.74, 6) is -0.0700. The molecule has 1 aromatic rings. The molecule has 1 aliphatic rings. The van der Waals surface area contributed by atoms with Crippen molar-refractivity contribution in [1.29, 1.82) is 0 Å². The molecule has 5 heteroatoms. The Kier molecular flexibility index (Phi) is 3.24. The number of aryl methyl sites for hydroxylation is 1. The van der Waals surface area contributed by atoms with Crippen LogP contribution in [0.15, 0.2) is 12.3 Å². The molecule has 1 saturated carbocycles. The van der Waals surface area contributed by atoms with Crippen LogP contribution in [-0.2, 0) is 7.05 Å². The first-order chi connectivity index (χ1) is 7.72. The second kappa shape index (κ2) is 4.65. The molecule has 88 valence electrons. The molecule has 0 aliphatic heterocycles. The van der Waals surface area contributed by atoms with E-state index in [1.165, 1.54) is 6.42 Å². The molecule has 0 saturated heterocycles. The Bertz CT molecular complexity index is 371.